The van der Waals surface area contributed by atoms with E-state index in [9.17, 15) is 8.78 Å². The molecule has 2 bridgehead atoms. The van der Waals surface area contributed by atoms with Crippen molar-refractivity contribution >= 4 is 17.0 Å². The molecule has 0 spiro atoms. The standard InChI is InChI=1S/C24H22F2N6/c1-14-10-17(8-9-27-14)32-23(15-2-5-19(25)20(26)11-15)29-21-6-7-22(30-24(21)32)31-13-16-3-4-18(31)12-28-16/h2,5-11,16,18,28H,3-4,12-13H2,1H3. The zero-order chi connectivity index (χ0) is 21.8. The third kappa shape index (κ3) is 3.14. The SMILES string of the molecule is Cc1cc(-n2c(-c3ccc(F)c(F)c3)nc3ccc(N4CC5CCC4CN5)nc32)ccn1. The van der Waals surface area contributed by atoms with Crippen LogP contribution in [0.5, 0.6) is 0 Å². The van der Waals surface area contributed by atoms with Gasteiger partial charge in [0.05, 0.1) is 5.69 Å². The Bertz CT molecular complexity index is 1330. The van der Waals surface area contributed by atoms with Crippen LogP contribution in [0.15, 0.2) is 48.7 Å². The van der Waals surface area contributed by atoms with Gasteiger partial charge in [0.25, 0.3) is 0 Å². The summed E-state index contributed by atoms with van der Waals surface area (Å²) in [4.78, 5) is 16.4. The Hall–Kier alpha value is -3.39. The van der Waals surface area contributed by atoms with Gasteiger partial charge in [-0.1, -0.05) is 0 Å². The molecule has 3 saturated heterocycles. The predicted octanol–water partition coefficient (Wildman–Crippen LogP) is 4.01. The molecule has 3 fully saturated rings. The van der Waals surface area contributed by atoms with Crippen molar-refractivity contribution < 1.29 is 8.78 Å². The summed E-state index contributed by atoms with van der Waals surface area (Å²) < 4.78 is 29.6. The molecule has 0 aliphatic carbocycles. The first-order chi connectivity index (χ1) is 15.6. The minimum atomic E-state index is -0.905. The Morgan fingerprint density at radius 1 is 1.00 bits per heavy atom. The number of halogens is 2. The Labute approximate surface area is 183 Å². The van der Waals surface area contributed by atoms with Crippen molar-refractivity contribution in [2.75, 3.05) is 18.0 Å². The number of piperidine rings is 2. The topological polar surface area (TPSA) is 58.9 Å². The molecule has 2 unspecified atom stereocenters. The molecule has 32 heavy (non-hydrogen) atoms. The van der Waals surface area contributed by atoms with Gasteiger partial charge in [0, 0.05) is 42.6 Å². The minimum absolute atomic E-state index is 0.426. The number of nitrogens with zero attached hydrogens (tertiary/aromatic N) is 5. The molecule has 3 aliphatic heterocycles. The fourth-order valence-electron chi connectivity index (χ4n) is 4.84. The maximum absolute atomic E-state index is 14.1. The molecule has 2 atom stereocenters. The molecule has 1 aromatic carbocycles. The van der Waals surface area contributed by atoms with Crippen LogP contribution in [0.1, 0.15) is 18.5 Å². The minimum Gasteiger partial charge on any atom is -0.351 e. The van der Waals surface area contributed by atoms with Gasteiger partial charge in [-0.2, -0.15) is 0 Å². The molecule has 7 rings (SSSR count). The van der Waals surface area contributed by atoms with Crippen LogP contribution < -0.4 is 10.2 Å². The van der Waals surface area contributed by atoms with Crippen molar-refractivity contribution in [3.05, 3.63) is 66.0 Å². The molecule has 3 aliphatic rings. The van der Waals surface area contributed by atoms with Gasteiger partial charge in [-0.3, -0.25) is 9.55 Å². The number of hydrogen-bond donors (Lipinski definition) is 1. The highest BCUT2D eigenvalue weighted by Crippen LogP contribution is 2.32. The van der Waals surface area contributed by atoms with Gasteiger partial charge in [0.15, 0.2) is 17.3 Å². The summed E-state index contributed by atoms with van der Waals surface area (Å²) in [5.41, 5.74) is 3.53. The number of anilines is 1. The highest BCUT2D eigenvalue weighted by atomic mass is 19.2. The fraction of sp³-hybridized carbons (Fsp3) is 0.292. The number of rotatable bonds is 3. The van der Waals surface area contributed by atoms with E-state index < -0.39 is 11.6 Å². The fourth-order valence-corrected chi connectivity index (χ4v) is 4.84. The van der Waals surface area contributed by atoms with Gasteiger partial charge in [-0.05, 0) is 62.2 Å². The van der Waals surface area contributed by atoms with Gasteiger partial charge in [0.2, 0.25) is 0 Å². The van der Waals surface area contributed by atoms with Crippen LogP contribution in [0.4, 0.5) is 14.6 Å². The van der Waals surface area contributed by atoms with E-state index in [2.05, 4.69) is 15.2 Å². The molecular formula is C24H22F2N6. The number of aromatic nitrogens is 4. The second kappa shape index (κ2) is 7.34. The summed E-state index contributed by atoms with van der Waals surface area (Å²) in [6, 6.07) is 12.5. The second-order valence-corrected chi connectivity index (χ2v) is 8.56. The molecule has 162 valence electrons. The van der Waals surface area contributed by atoms with E-state index in [0.29, 0.717) is 34.6 Å². The zero-order valence-electron chi connectivity index (χ0n) is 17.6. The van der Waals surface area contributed by atoms with Crippen LogP contribution in [0, 0.1) is 18.6 Å². The largest absolute Gasteiger partial charge is 0.351 e. The lowest BCUT2D eigenvalue weighted by Crippen LogP contribution is -2.61. The third-order valence-corrected chi connectivity index (χ3v) is 6.45. The number of benzene rings is 1. The quantitative estimate of drug-likeness (QED) is 0.530. The maximum atomic E-state index is 14.1. The van der Waals surface area contributed by atoms with Crippen LogP contribution in [-0.4, -0.2) is 44.7 Å². The van der Waals surface area contributed by atoms with Gasteiger partial charge >= 0.3 is 0 Å². The highest BCUT2D eigenvalue weighted by molar-refractivity contribution is 5.81. The van der Waals surface area contributed by atoms with E-state index in [1.165, 1.54) is 12.5 Å². The summed E-state index contributed by atoms with van der Waals surface area (Å²) in [6.45, 7) is 3.81. The van der Waals surface area contributed by atoms with Crippen molar-refractivity contribution in [2.24, 2.45) is 0 Å². The van der Waals surface area contributed by atoms with E-state index in [0.717, 1.165) is 42.8 Å². The van der Waals surface area contributed by atoms with Crippen molar-refractivity contribution in [3.8, 4) is 17.1 Å². The first-order valence-electron chi connectivity index (χ1n) is 10.8. The van der Waals surface area contributed by atoms with Crippen LogP contribution >= 0.6 is 0 Å². The summed E-state index contributed by atoms with van der Waals surface area (Å²) in [6.07, 6.45) is 4.07. The van der Waals surface area contributed by atoms with E-state index in [1.807, 2.05) is 35.8 Å². The van der Waals surface area contributed by atoms with E-state index >= 15 is 0 Å². The molecule has 0 saturated carbocycles. The second-order valence-electron chi connectivity index (χ2n) is 8.56. The summed E-state index contributed by atoms with van der Waals surface area (Å²) in [7, 11) is 0. The van der Waals surface area contributed by atoms with Gasteiger partial charge in [-0.25, -0.2) is 18.7 Å². The van der Waals surface area contributed by atoms with Crippen molar-refractivity contribution in [1.29, 1.82) is 0 Å². The predicted molar refractivity (Wildman–Crippen MR) is 119 cm³/mol. The highest BCUT2D eigenvalue weighted by Gasteiger charge is 2.34. The van der Waals surface area contributed by atoms with E-state index in [-0.39, 0.29) is 0 Å². The van der Waals surface area contributed by atoms with Crippen molar-refractivity contribution in [2.45, 2.75) is 31.8 Å². The third-order valence-electron chi connectivity index (χ3n) is 6.45. The Morgan fingerprint density at radius 2 is 1.91 bits per heavy atom. The van der Waals surface area contributed by atoms with Crippen molar-refractivity contribution in [1.82, 2.24) is 24.8 Å². The number of aryl methyl sites for hydroxylation is 1. The molecule has 8 heteroatoms. The van der Waals surface area contributed by atoms with Crippen LogP contribution in [-0.2, 0) is 0 Å². The molecule has 6 heterocycles. The first-order valence-corrected chi connectivity index (χ1v) is 10.8. The average molecular weight is 432 g/mol. The van der Waals surface area contributed by atoms with Crippen LogP contribution in [0.25, 0.3) is 28.2 Å². The first kappa shape index (κ1) is 19.3. The zero-order valence-corrected chi connectivity index (χ0v) is 17.6. The molecule has 6 nitrogen and oxygen atoms in total. The van der Waals surface area contributed by atoms with Crippen molar-refractivity contribution in [3.63, 3.8) is 0 Å². The lowest BCUT2D eigenvalue weighted by molar-refractivity contribution is 0.289. The van der Waals surface area contributed by atoms with Gasteiger partial charge in [0.1, 0.15) is 17.2 Å². The molecule has 0 radical (unpaired) electrons. The van der Waals surface area contributed by atoms with Crippen LogP contribution in [0.2, 0.25) is 0 Å². The maximum Gasteiger partial charge on any atom is 0.167 e. The Kier molecular flexibility index (Phi) is 4.43. The molecule has 0 amide bonds. The molecule has 4 aromatic rings. The van der Waals surface area contributed by atoms with Crippen LogP contribution in [0.3, 0.4) is 0 Å². The number of fused-ring (bicyclic) bond motifs is 4. The van der Waals surface area contributed by atoms with Gasteiger partial charge in [-0.15, -0.1) is 0 Å². The molecule has 1 N–H and O–H groups in total. The number of piperazine rings is 1. The number of hydrogen-bond acceptors (Lipinski definition) is 5. The van der Waals surface area contributed by atoms with Gasteiger partial charge < -0.3 is 10.2 Å². The normalized spacial score (nSPS) is 20.3. The number of nitrogens with one attached hydrogen (secondary N) is 1. The van der Waals surface area contributed by atoms with E-state index in [1.54, 1.807) is 12.3 Å². The molecular weight excluding hydrogens is 410 g/mol. The summed E-state index contributed by atoms with van der Waals surface area (Å²) in [5, 5.41) is 3.57. The lowest BCUT2D eigenvalue weighted by Gasteiger charge is -2.46. The molecule has 3 aromatic heterocycles. The lowest BCUT2D eigenvalue weighted by atomic mass is 9.93. The Balaban J connectivity index is 1.56. The van der Waals surface area contributed by atoms with E-state index in [4.69, 9.17) is 9.97 Å². The monoisotopic (exact) mass is 432 g/mol. The number of imidazole rings is 1. The number of pyridine rings is 2. The smallest absolute Gasteiger partial charge is 0.167 e. The summed E-state index contributed by atoms with van der Waals surface area (Å²) >= 11 is 0. The summed E-state index contributed by atoms with van der Waals surface area (Å²) in [5.74, 6) is -0.365. The Morgan fingerprint density at radius 3 is 2.62 bits per heavy atom. The average Bonchev–Trinajstić information content (AvgIpc) is 3.20.